The highest BCUT2D eigenvalue weighted by Gasteiger charge is 2.16. The van der Waals surface area contributed by atoms with Crippen LogP contribution in [0.15, 0.2) is 0 Å². The Balaban J connectivity index is 0.00000144. The molecule has 6 nitrogen and oxygen atoms in total. The van der Waals surface area contributed by atoms with Gasteiger partial charge in [0.2, 0.25) is 0 Å². The number of carboxylic acid groups (broad SMARTS) is 1. The summed E-state index contributed by atoms with van der Waals surface area (Å²) in [6, 6.07) is 0. The third-order valence-corrected chi connectivity index (χ3v) is 1.43. The van der Waals surface area contributed by atoms with Gasteiger partial charge in [-0.3, -0.25) is 5.10 Å². The number of aliphatic hydroxyl groups is 1. The third kappa shape index (κ3) is 2.33. The van der Waals surface area contributed by atoms with Crippen LogP contribution in [0.4, 0.5) is 5.82 Å². The number of aromatic carboxylic acids is 1. The first-order chi connectivity index (χ1) is 5.66. The number of aromatic amines is 1. The molecule has 5 N–H and O–H groups in total. The van der Waals surface area contributed by atoms with Crippen molar-refractivity contribution in [2.45, 2.75) is 6.42 Å². The Kier molecular flexibility index (Phi) is 4.22. The van der Waals surface area contributed by atoms with Gasteiger partial charge in [-0.2, -0.15) is 5.10 Å². The molecule has 0 aromatic carbocycles. The normalized spacial score (nSPS) is 9.31. The predicted molar refractivity (Wildman–Crippen MR) is 48.0 cm³/mol. The van der Waals surface area contributed by atoms with Gasteiger partial charge in [-0.05, 0) is 0 Å². The molecule has 1 heterocycles. The van der Waals surface area contributed by atoms with Gasteiger partial charge in [0.1, 0.15) is 11.4 Å². The predicted octanol–water partition coefficient (Wildman–Crippen LogP) is -0.353. The molecule has 7 heteroatoms. The number of nitrogens with two attached hydrogens (primary N) is 1. The van der Waals surface area contributed by atoms with Crippen molar-refractivity contribution in [3.05, 3.63) is 11.3 Å². The van der Waals surface area contributed by atoms with Crippen molar-refractivity contribution >= 4 is 24.2 Å². The number of hydrogen-bond acceptors (Lipinski definition) is 4. The molecule has 0 saturated heterocycles. The molecule has 0 aliphatic heterocycles. The number of aliphatic hydroxyl groups excluding tert-OH is 1. The van der Waals surface area contributed by atoms with Crippen molar-refractivity contribution < 1.29 is 15.0 Å². The van der Waals surface area contributed by atoms with Gasteiger partial charge in [0.25, 0.3) is 0 Å². The van der Waals surface area contributed by atoms with Gasteiger partial charge in [-0.25, -0.2) is 4.79 Å². The van der Waals surface area contributed by atoms with Crippen LogP contribution < -0.4 is 5.73 Å². The lowest BCUT2D eigenvalue weighted by Crippen LogP contribution is -2.04. The molecule has 0 amide bonds. The molecule has 0 atom stereocenters. The van der Waals surface area contributed by atoms with Gasteiger partial charge in [-0.15, -0.1) is 12.4 Å². The number of nitrogens with one attached hydrogen (secondary N) is 1. The van der Waals surface area contributed by atoms with E-state index in [0.29, 0.717) is 0 Å². The number of nitrogen functional groups attached to an aromatic ring is 1. The van der Waals surface area contributed by atoms with E-state index >= 15 is 0 Å². The second-order valence-corrected chi connectivity index (χ2v) is 2.24. The van der Waals surface area contributed by atoms with Crippen LogP contribution >= 0.6 is 12.4 Å². The monoisotopic (exact) mass is 207 g/mol. The molecule has 1 aromatic heterocycles. The Hall–Kier alpha value is -1.27. The smallest absolute Gasteiger partial charge is 0.341 e. The molecule has 13 heavy (non-hydrogen) atoms. The number of hydrogen-bond donors (Lipinski definition) is 4. The molecule has 0 aliphatic carbocycles. The van der Waals surface area contributed by atoms with Crippen LogP contribution in [0, 0.1) is 0 Å². The molecular formula is C6H10ClN3O3. The zero-order valence-electron chi connectivity index (χ0n) is 6.65. The van der Waals surface area contributed by atoms with E-state index in [0.717, 1.165) is 0 Å². The summed E-state index contributed by atoms with van der Waals surface area (Å²) in [6.45, 7) is -0.148. The standard InChI is InChI=1S/C6H9N3O3.ClH/c7-5-4(6(11)12)3(1-2-10)8-9-5;/h10H,1-2H2,(H,11,12)(H3,7,8,9);1H. The number of aromatic nitrogens is 2. The molecule has 74 valence electrons. The van der Waals surface area contributed by atoms with E-state index in [9.17, 15) is 4.79 Å². The lowest BCUT2D eigenvalue weighted by molar-refractivity contribution is 0.0697. The highest BCUT2D eigenvalue weighted by Crippen LogP contribution is 2.13. The summed E-state index contributed by atoms with van der Waals surface area (Å²) in [7, 11) is 0. The number of nitrogens with zero attached hydrogens (tertiary/aromatic N) is 1. The molecule has 0 aliphatic rings. The average molecular weight is 208 g/mol. The van der Waals surface area contributed by atoms with Crippen LogP contribution in [0.2, 0.25) is 0 Å². The summed E-state index contributed by atoms with van der Waals surface area (Å²) >= 11 is 0. The maximum atomic E-state index is 10.6. The molecule has 1 aromatic rings. The molecule has 0 bridgehead atoms. The summed E-state index contributed by atoms with van der Waals surface area (Å²) in [6.07, 6.45) is 0.190. The Bertz CT molecular complexity index is 299. The van der Waals surface area contributed by atoms with Crippen molar-refractivity contribution in [3.8, 4) is 0 Å². The highest BCUT2D eigenvalue weighted by molar-refractivity contribution is 5.93. The van der Waals surface area contributed by atoms with Gasteiger partial charge < -0.3 is 15.9 Å². The van der Waals surface area contributed by atoms with Crippen molar-refractivity contribution in [2.24, 2.45) is 0 Å². The topological polar surface area (TPSA) is 112 Å². The van der Waals surface area contributed by atoms with E-state index in [-0.39, 0.29) is 42.5 Å². The van der Waals surface area contributed by atoms with Gasteiger partial charge in [0.15, 0.2) is 0 Å². The molecule has 0 unspecified atom stereocenters. The largest absolute Gasteiger partial charge is 0.477 e. The summed E-state index contributed by atoms with van der Waals surface area (Å²) in [5.74, 6) is -1.12. The number of carboxylic acids is 1. The van der Waals surface area contributed by atoms with Crippen LogP contribution in [0.3, 0.4) is 0 Å². The Morgan fingerprint density at radius 1 is 1.62 bits per heavy atom. The lowest BCUT2D eigenvalue weighted by Gasteiger charge is -1.94. The maximum Gasteiger partial charge on any atom is 0.341 e. The number of rotatable bonds is 3. The minimum absolute atomic E-state index is 0. The fourth-order valence-corrected chi connectivity index (χ4v) is 0.920. The van der Waals surface area contributed by atoms with E-state index in [4.69, 9.17) is 15.9 Å². The number of halogens is 1. The van der Waals surface area contributed by atoms with Crippen molar-refractivity contribution in [1.29, 1.82) is 0 Å². The van der Waals surface area contributed by atoms with Gasteiger partial charge in [0.05, 0.1) is 5.69 Å². The van der Waals surface area contributed by atoms with E-state index < -0.39 is 5.97 Å². The van der Waals surface area contributed by atoms with Gasteiger partial charge in [0, 0.05) is 13.0 Å². The fourth-order valence-electron chi connectivity index (χ4n) is 0.920. The second kappa shape index (κ2) is 4.68. The van der Waals surface area contributed by atoms with Crippen molar-refractivity contribution in [1.82, 2.24) is 10.2 Å². The first kappa shape index (κ1) is 11.7. The van der Waals surface area contributed by atoms with Crippen LogP contribution in [-0.4, -0.2) is 33.0 Å². The van der Waals surface area contributed by atoms with Crippen LogP contribution in [0.25, 0.3) is 0 Å². The quantitative estimate of drug-likeness (QED) is 0.541. The van der Waals surface area contributed by atoms with Crippen LogP contribution in [0.1, 0.15) is 16.1 Å². The second-order valence-electron chi connectivity index (χ2n) is 2.24. The van der Waals surface area contributed by atoms with Crippen molar-refractivity contribution in [2.75, 3.05) is 12.3 Å². The van der Waals surface area contributed by atoms with Crippen LogP contribution in [-0.2, 0) is 6.42 Å². The number of H-pyrrole nitrogens is 1. The minimum Gasteiger partial charge on any atom is -0.477 e. The average Bonchev–Trinajstić information content (AvgIpc) is 2.32. The van der Waals surface area contributed by atoms with Crippen molar-refractivity contribution in [3.63, 3.8) is 0 Å². The fraction of sp³-hybridized carbons (Fsp3) is 0.333. The van der Waals surface area contributed by atoms with E-state index in [1.165, 1.54) is 0 Å². The van der Waals surface area contributed by atoms with Crippen LogP contribution in [0.5, 0.6) is 0 Å². The molecule has 0 fully saturated rings. The first-order valence-corrected chi connectivity index (χ1v) is 3.33. The Labute approximate surface area is 80.2 Å². The molecule has 0 spiro atoms. The van der Waals surface area contributed by atoms with Gasteiger partial charge >= 0.3 is 5.97 Å². The third-order valence-electron chi connectivity index (χ3n) is 1.43. The number of carbonyl (C=O) groups is 1. The van der Waals surface area contributed by atoms with Gasteiger partial charge in [-0.1, -0.05) is 0 Å². The first-order valence-electron chi connectivity index (χ1n) is 3.33. The van der Waals surface area contributed by atoms with E-state index in [1.54, 1.807) is 0 Å². The zero-order valence-corrected chi connectivity index (χ0v) is 7.47. The molecular weight excluding hydrogens is 198 g/mol. The lowest BCUT2D eigenvalue weighted by atomic mass is 10.2. The molecule has 1 rings (SSSR count). The maximum absolute atomic E-state index is 10.6. The number of anilines is 1. The highest BCUT2D eigenvalue weighted by atomic mass is 35.5. The Morgan fingerprint density at radius 3 is 2.69 bits per heavy atom. The zero-order chi connectivity index (χ0) is 9.14. The van der Waals surface area contributed by atoms with E-state index in [1.807, 2.05) is 0 Å². The Morgan fingerprint density at radius 2 is 2.23 bits per heavy atom. The SMILES string of the molecule is Cl.Nc1[nH]nc(CCO)c1C(=O)O. The molecule has 0 radical (unpaired) electrons. The summed E-state index contributed by atoms with van der Waals surface area (Å²) in [5, 5.41) is 23.2. The summed E-state index contributed by atoms with van der Waals surface area (Å²) in [5.41, 5.74) is 5.52. The molecule has 0 saturated carbocycles. The summed E-state index contributed by atoms with van der Waals surface area (Å²) < 4.78 is 0. The summed E-state index contributed by atoms with van der Waals surface area (Å²) in [4.78, 5) is 10.6. The minimum atomic E-state index is -1.13. The van der Waals surface area contributed by atoms with E-state index in [2.05, 4.69) is 10.2 Å².